The van der Waals surface area contributed by atoms with Gasteiger partial charge in [-0.15, -0.1) is 0 Å². The minimum Gasteiger partial charge on any atom is -0.383 e. The van der Waals surface area contributed by atoms with Crippen LogP contribution in [-0.2, 0) is 0 Å². The van der Waals surface area contributed by atoms with Gasteiger partial charge in [0.2, 0.25) is 0 Å². The number of halogens is 1. The molecule has 0 radical (unpaired) electrons. The molecule has 2 rings (SSSR count). The highest BCUT2D eigenvalue weighted by molar-refractivity contribution is 5.98. The van der Waals surface area contributed by atoms with E-state index >= 15 is 0 Å². The highest BCUT2D eigenvalue weighted by Gasteiger charge is 2.32. The summed E-state index contributed by atoms with van der Waals surface area (Å²) >= 11 is 0. The lowest BCUT2D eigenvalue weighted by Gasteiger charge is -2.18. The third-order valence-electron chi connectivity index (χ3n) is 3.43. The number of carbonyl (C=O) groups is 1. The first kappa shape index (κ1) is 12.8. The zero-order valence-corrected chi connectivity index (χ0v) is 10.7. The molecule has 0 bridgehead atoms. The van der Waals surface area contributed by atoms with E-state index in [9.17, 15) is 9.18 Å². The molecule has 3 N–H and O–H groups in total. The van der Waals surface area contributed by atoms with Crippen LogP contribution in [0.15, 0.2) is 12.3 Å². The van der Waals surface area contributed by atoms with E-state index < -0.39 is 5.82 Å². The Labute approximate surface area is 106 Å². The smallest absolute Gasteiger partial charge is 0.255 e. The van der Waals surface area contributed by atoms with Crippen molar-refractivity contribution >= 4 is 11.7 Å². The van der Waals surface area contributed by atoms with Crippen LogP contribution >= 0.6 is 0 Å². The molecule has 98 valence electrons. The average molecular weight is 251 g/mol. The quantitative estimate of drug-likeness (QED) is 0.846. The summed E-state index contributed by atoms with van der Waals surface area (Å²) in [5.74, 6) is -0.838. The molecule has 1 heterocycles. The lowest BCUT2D eigenvalue weighted by atomic mass is 9.92. The third-order valence-corrected chi connectivity index (χ3v) is 3.43. The maximum atomic E-state index is 13.0. The number of nitrogens with two attached hydrogens (primary N) is 1. The van der Waals surface area contributed by atoms with Crippen LogP contribution in [0, 0.1) is 11.2 Å². The number of rotatable bonds is 2. The number of nitrogens with one attached hydrogen (secondary N) is 1. The Kier molecular flexibility index (Phi) is 3.24. The first-order chi connectivity index (χ1) is 8.37. The van der Waals surface area contributed by atoms with Crippen LogP contribution in [-0.4, -0.2) is 16.9 Å². The van der Waals surface area contributed by atoms with Gasteiger partial charge in [-0.1, -0.05) is 13.8 Å². The largest absolute Gasteiger partial charge is 0.383 e. The zero-order valence-electron chi connectivity index (χ0n) is 10.7. The van der Waals surface area contributed by atoms with Crippen molar-refractivity contribution in [1.82, 2.24) is 10.3 Å². The highest BCUT2D eigenvalue weighted by Crippen LogP contribution is 2.37. The molecule has 1 fully saturated rings. The van der Waals surface area contributed by atoms with E-state index in [2.05, 4.69) is 24.1 Å². The molecule has 1 unspecified atom stereocenters. The lowest BCUT2D eigenvalue weighted by molar-refractivity contribution is 0.0936. The number of amides is 1. The molecule has 0 aromatic carbocycles. The molecule has 0 spiro atoms. The predicted octanol–water partition coefficient (Wildman–Crippen LogP) is 2.11. The Morgan fingerprint density at radius 1 is 1.61 bits per heavy atom. The molecule has 1 amide bonds. The minimum atomic E-state index is -0.555. The van der Waals surface area contributed by atoms with Crippen molar-refractivity contribution in [2.24, 2.45) is 5.41 Å². The maximum Gasteiger partial charge on any atom is 0.255 e. The fourth-order valence-electron chi connectivity index (χ4n) is 2.45. The number of nitrogens with zero attached hydrogens (tertiary/aromatic N) is 1. The van der Waals surface area contributed by atoms with Gasteiger partial charge >= 0.3 is 0 Å². The van der Waals surface area contributed by atoms with E-state index in [1.165, 1.54) is 0 Å². The van der Waals surface area contributed by atoms with E-state index in [0.717, 1.165) is 31.5 Å². The van der Waals surface area contributed by atoms with Crippen LogP contribution in [0.5, 0.6) is 0 Å². The maximum absolute atomic E-state index is 13.0. The number of aromatic nitrogens is 1. The van der Waals surface area contributed by atoms with Gasteiger partial charge in [-0.25, -0.2) is 9.37 Å². The fourth-order valence-corrected chi connectivity index (χ4v) is 2.45. The number of hydrogen-bond acceptors (Lipinski definition) is 3. The van der Waals surface area contributed by atoms with Crippen molar-refractivity contribution in [3.8, 4) is 0 Å². The second kappa shape index (κ2) is 4.55. The fraction of sp³-hybridized carbons (Fsp3) is 0.538. The summed E-state index contributed by atoms with van der Waals surface area (Å²) in [7, 11) is 0. The van der Waals surface area contributed by atoms with Crippen molar-refractivity contribution < 1.29 is 9.18 Å². The number of pyridine rings is 1. The first-order valence-corrected chi connectivity index (χ1v) is 6.09. The standard InChI is InChI=1S/C13H18FN3O/c1-13(2)4-3-9(6-13)17-12(18)10-5-8(14)7-16-11(10)15/h5,7,9H,3-4,6H2,1-2H3,(H2,15,16)(H,17,18). The molecule has 1 saturated carbocycles. The Morgan fingerprint density at radius 2 is 2.33 bits per heavy atom. The molecular weight excluding hydrogens is 233 g/mol. The van der Waals surface area contributed by atoms with Gasteiger partial charge in [0.05, 0.1) is 11.8 Å². The second-order valence-electron chi connectivity index (χ2n) is 5.66. The zero-order chi connectivity index (χ0) is 13.3. The summed E-state index contributed by atoms with van der Waals surface area (Å²) in [6.45, 7) is 4.36. The van der Waals surface area contributed by atoms with Crippen LogP contribution in [0.3, 0.4) is 0 Å². The first-order valence-electron chi connectivity index (χ1n) is 6.09. The summed E-state index contributed by atoms with van der Waals surface area (Å²) in [6.07, 6.45) is 3.96. The van der Waals surface area contributed by atoms with Gasteiger partial charge < -0.3 is 11.1 Å². The molecule has 5 heteroatoms. The second-order valence-corrected chi connectivity index (χ2v) is 5.66. The molecule has 4 nitrogen and oxygen atoms in total. The third kappa shape index (κ3) is 2.78. The van der Waals surface area contributed by atoms with E-state index in [1.807, 2.05) is 0 Å². The van der Waals surface area contributed by atoms with Crippen molar-refractivity contribution in [1.29, 1.82) is 0 Å². The predicted molar refractivity (Wildman–Crippen MR) is 67.5 cm³/mol. The van der Waals surface area contributed by atoms with Crippen molar-refractivity contribution in [3.05, 3.63) is 23.6 Å². The monoisotopic (exact) mass is 251 g/mol. The minimum absolute atomic E-state index is 0.0613. The molecule has 1 aliphatic rings. The molecule has 0 aliphatic heterocycles. The van der Waals surface area contributed by atoms with Crippen LogP contribution in [0.1, 0.15) is 43.5 Å². The van der Waals surface area contributed by atoms with Crippen LogP contribution in [0.2, 0.25) is 0 Å². The molecule has 18 heavy (non-hydrogen) atoms. The van der Waals surface area contributed by atoms with Gasteiger partial charge in [0.25, 0.3) is 5.91 Å². The Balaban J connectivity index is 2.06. The molecule has 1 aliphatic carbocycles. The molecular formula is C13H18FN3O. The van der Waals surface area contributed by atoms with Crippen molar-refractivity contribution in [3.63, 3.8) is 0 Å². The normalized spacial score (nSPS) is 21.8. The van der Waals surface area contributed by atoms with Crippen LogP contribution in [0.4, 0.5) is 10.2 Å². The van der Waals surface area contributed by atoms with Gasteiger partial charge in [-0.3, -0.25) is 4.79 Å². The Hall–Kier alpha value is -1.65. The summed E-state index contributed by atoms with van der Waals surface area (Å²) in [6, 6.07) is 1.26. The van der Waals surface area contributed by atoms with Crippen molar-refractivity contribution in [2.45, 2.75) is 39.2 Å². The van der Waals surface area contributed by atoms with Crippen LogP contribution in [0.25, 0.3) is 0 Å². The van der Waals surface area contributed by atoms with Gasteiger partial charge in [0.15, 0.2) is 0 Å². The van der Waals surface area contributed by atoms with E-state index in [1.54, 1.807) is 0 Å². The van der Waals surface area contributed by atoms with E-state index in [-0.39, 0.29) is 28.7 Å². The summed E-state index contributed by atoms with van der Waals surface area (Å²) in [5.41, 5.74) is 5.94. The average Bonchev–Trinajstić information content (AvgIpc) is 2.61. The van der Waals surface area contributed by atoms with Crippen LogP contribution < -0.4 is 11.1 Å². The topological polar surface area (TPSA) is 68.0 Å². The van der Waals surface area contributed by atoms with E-state index in [4.69, 9.17) is 5.73 Å². The highest BCUT2D eigenvalue weighted by atomic mass is 19.1. The number of hydrogen-bond donors (Lipinski definition) is 2. The Morgan fingerprint density at radius 3 is 2.94 bits per heavy atom. The van der Waals surface area contributed by atoms with Gasteiger partial charge in [0, 0.05) is 6.04 Å². The molecule has 1 aromatic rings. The SMILES string of the molecule is CC1(C)CCC(NC(=O)c2cc(F)cnc2N)C1. The number of anilines is 1. The summed E-state index contributed by atoms with van der Waals surface area (Å²) in [5, 5.41) is 2.89. The number of carbonyl (C=O) groups excluding carboxylic acids is 1. The summed E-state index contributed by atoms with van der Waals surface area (Å²) in [4.78, 5) is 15.6. The van der Waals surface area contributed by atoms with Crippen molar-refractivity contribution in [2.75, 3.05) is 5.73 Å². The van der Waals surface area contributed by atoms with Gasteiger partial charge in [0.1, 0.15) is 11.6 Å². The molecule has 1 atom stereocenters. The lowest BCUT2D eigenvalue weighted by Crippen LogP contribution is -2.34. The molecule has 1 aromatic heterocycles. The van der Waals surface area contributed by atoms with Gasteiger partial charge in [-0.2, -0.15) is 0 Å². The summed E-state index contributed by atoms with van der Waals surface area (Å²) < 4.78 is 13.0. The van der Waals surface area contributed by atoms with E-state index in [0.29, 0.717) is 0 Å². The number of nitrogen functional groups attached to an aromatic ring is 1. The van der Waals surface area contributed by atoms with Gasteiger partial charge in [-0.05, 0) is 30.7 Å². The molecule has 0 saturated heterocycles. The Bertz CT molecular complexity index is 473.